The van der Waals surface area contributed by atoms with Crippen molar-refractivity contribution < 1.29 is 9.13 Å². The van der Waals surface area contributed by atoms with Gasteiger partial charge in [-0.15, -0.1) is 0 Å². The Kier molecular flexibility index (Phi) is 0.997. The van der Waals surface area contributed by atoms with E-state index in [0.717, 1.165) is 0 Å². The van der Waals surface area contributed by atoms with E-state index < -0.39 is 9.83 Å². The van der Waals surface area contributed by atoms with Crippen molar-refractivity contribution in [1.82, 2.24) is 0 Å². The summed E-state index contributed by atoms with van der Waals surface area (Å²) >= 11 is 14.7. The first-order valence-electron chi connectivity index (χ1n) is 1.41. The zero-order chi connectivity index (χ0) is 5.71. The number of ether oxygens (including phenoxy) is 1. The van der Waals surface area contributed by atoms with E-state index in [1.165, 1.54) is 0 Å². The fourth-order valence-corrected chi connectivity index (χ4v) is 0.543. The molecule has 0 N–H and O–H groups in total. The maximum atomic E-state index is 11.9. The normalized spacial score (nSPS) is 46.3. The molecule has 1 aliphatic heterocycles. The third-order valence-corrected chi connectivity index (χ3v) is 1.73. The van der Waals surface area contributed by atoms with Gasteiger partial charge in [-0.3, -0.25) is 4.74 Å². The summed E-state index contributed by atoms with van der Waals surface area (Å²) < 4.78 is 14.0. The average Bonchev–Trinajstić information content (AvgIpc) is 1.63. The van der Waals surface area contributed by atoms with Crippen molar-refractivity contribution in [2.45, 2.75) is 9.83 Å². The minimum Gasteiger partial charge on any atom is -0.286 e. The van der Waals surface area contributed by atoms with E-state index in [0.29, 0.717) is 0 Å². The summed E-state index contributed by atoms with van der Waals surface area (Å²) in [5, 5.41) is -2.35. The molecule has 1 unspecified atom stereocenters. The lowest BCUT2D eigenvalue weighted by Crippen LogP contribution is -1.98. The van der Waals surface area contributed by atoms with Crippen molar-refractivity contribution in [2.24, 2.45) is 0 Å². The highest BCUT2D eigenvalue weighted by Crippen LogP contribution is 2.58. The van der Waals surface area contributed by atoms with Crippen LogP contribution in [0.25, 0.3) is 0 Å². The average molecular weight is 165 g/mol. The molecule has 1 aliphatic rings. The van der Waals surface area contributed by atoms with Crippen LogP contribution in [-0.4, -0.2) is 9.83 Å². The van der Waals surface area contributed by atoms with Crippen molar-refractivity contribution in [1.29, 1.82) is 0 Å². The molecule has 0 aliphatic carbocycles. The van der Waals surface area contributed by atoms with Gasteiger partial charge >= 0.3 is 5.31 Å². The van der Waals surface area contributed by atoms with Crippen LogP contribution in [0.3, 0.4) is 0 Å². The molecule has 0 spiro atoms. The largest absolute Gasteiger partial charge is 0.348 e. The zero-order valence-corrected chi connectivity index (χ0v) is 5.19. The van der Waals surface area contributed by atoms with Crippen LogP contribution in [-0.2, 0) is 4.74 Å². The number of hydrogen-bond acceptors (Lipinski definition) is 1. The van der Waals surface area contributed by atoms with Gasteiger partial charge < -0.3 is 0 Å². The smallest absolute Gasteiger partial charge is 0.286 e. The molecule has 0 saturated carbocycles. The minimum atomic E-state index is -2.35. The summed E-state index contributed by atoms with van der Waals surface area (Å²) in [5.74, 6) is 0. The zero-order valence-electron chi connectivity index (χ0n) is 2.92. The molecule has 0 aromatic carbocycles. The monoisotopic (exact) mass is 164 g/mol. The Balaban J connectivity index is 2.59. The minimum absolute atomic E-state index is 1.81. The van der Waals surface area contributed by atoms with Gasteiger partial charge in [-0.1, -0.05) is 23.2 Å². The van der Waals surface area contributed by atoms with Gasteiger partial charge in [-0.05, 0) is 11.6 Å². The van der Waals surface area contributed by atoms with Crippen LogP contribution in [0, 0.1) is 0 Å². The van der Waals surface area contributed by atoms with Crippen LogP contribution in [0.2, 0.25) is 0 Å². The van der Waals surface area contributed by atoms with Gasteiger partial charge in [-0.2, -0.15) is 4.39 Å². The van der Waals surface area contributed by atoms with E-state index in [-0.39, 0.29) is 0 Å². The summed E-state index contributed by atoms with van der Waals surface area (Å²) in [6, 6.07) is 0. The van der Waals surface area contributed by atoms with Crippen molar-refractivity contribution in [3.8, 4) is 0 Å². The van der Waals surface area contributed by atoms with Gasteiger partial charge in [-0.25, -0.2) is 0 Å². The first kappa shape index (κ1) is 5.89. The second-order valence-electron chi connectivity index (χ2n) is 1.14. The third-order valence-electron chi connectivity index (χ3n) is 0.554. The van der Waals surface area contributed by atoms with E-state index in [1.54, 1.807) is 0 Å². The Hall–Kier alpha value is 0.760. The molecule has 5 heteroatoms. The lowest BCUT2D eigenvalue weighted by Gasteiger charge is -1.83. The van der Waals surface area contributed by atoms with Gasteiger partial charge in [0.25, 0.3) is 4.52 Å². The Morgan fingerprint density at radius 1 is 1.29 bits per heavy atom. The molecule has 0 bridgehead atoms. The fraction of sp³-hybridized carbons (Fsp3) is 1.00. The number of rotatable bonds is 0. The van der Waals surface area contributed by atoms with Crippen molar-refractivity contribution in [3.63, 3.8) is 0 Å². The molecule has 7 heavy (non-hydrogen) atoms. The Labute approximate surface area is 54.3 Å². The maximum absolute atomic E-state index is 11.9. The third kappa shape index (κ3) is 0.809. The van der Waals surface area contributed by atoms with Gasteiger partial charge in [0.15, 0.2) is 0 Å². The molecule has 1 heterocycles. The van der Waals surface area contributed by atoms with E-state index in [1.807, 2.05) is 0 Å². The fourth-order valence-electron chi connectivity index (χ4n) is 0.135. The molecular weight excluding hydrogens is 165 g/mol. The van der Waals surface area contributed by atoms with E-state index in [2.05, 4.69) is 4.74 Å². The first-order valence-corrected chi connectivity index (χ1v) is 2.55. The highest BCUT2D eigenvalue weighted by molar-refractivity contribution is 6.54. The summed E-state index contributed by atoms with van der Waals surface area (Å²) in [5.41, 5.74) is 0. The van der Waals surface area contributed by atoms with Crippen LogP contribution in [0.4, 0.5) is 4.39 Å². The second kappa shape index (κ2) is 1.18. The molecule has 1 saturated heterocycles. The molecule has 1 rings (SSSR count). The standard InChI is InChI=1S/C2Cl3FO/c3-1(4)2(5,6)7-1. The molecular formula is C2Cl3FO. The molecule has 1 atom stereocenters. The molecule has 1 nitrogen and oxygen atoms in total. The second-order valence-corrected chi connectivity index (χ2v) is 2.88. The first-order chi connectivity index (χ1) is 2.96. The molecule has 0 aromatic heterocycles. The van der Waals surface area contributed by atoms with E-state index >= 15 is 0 Å². The number of epoxide rings is 1. The summed E-state index contributed by atoms with van der Waals surface area (Å²) in [6.07, 6.45) is 0. The lowest BCUT2D eigenvalue weighted by atomic mass is 10.9. The Morgan fingerprint density at radius 2 is 1.43 bits per heavy atom. The topological polar surface area (TPSA) is 12.5 Å². The summed E-state index contributed by atoms with van der Waals surface area (Å²) in [7, 11) is 0. The SMILES string of the molecule is FC1(Cl)OC1(Cl)Cl. The molecule has 0 radical (unpaired) electrons. The van der Waals surface area contributed by atoms with Gasteiger partial charge in [0, 0.05) is 0 Å². The van der Waals surface area contributed by atoms with Crippen LogP contribution < -0.4 is 0 Å². The number of halogens is 4. The van der Waals surface area contributed by atoms with Crippen molar-refractivity contribution in [2.75, 3.05) is 0 Å². The lowest BCUT2D eigenvalue weighted by molar-refractivity contribution is 0.227. The highest BCUT2D eigenvalue weighted by atomic mass is 35.5. The van der Waals surface area contributed by atoms with Crippen LogP contribution in [0.1, 0.15) is 0 Å². The van der Waals surface area contributed by atoms with Crippen LogP contribution in [0.5, 0.6) is 0 Å². The summed E-state index contributed by atoms with van der Waals surface area (Å²) in [4.78, 5) is 0. The number of hydrogen-bond donors (Lipinski definition) is 0. The Bertz CT molecular complexity index is 89.1. The predicted molar refractivity (Wildman–Crippen MR) is 25.2 cm³/mol. The molecule has 42 valence electrons. The van der Waals surface area contributed by atoms with Gasteiger partial charge in [0.05, 0.1) is 0 Å². The maximum Gasteiger partial charge on any atom is 0.348 e. The predicted octanol–water partition coefficient (Wildman–Crippen LogP) is 2.01. The van der Waals surface area contributed by atoms with Crippen LogP contribution >= 0.6 is 34.8 Å². The van der Waals surface area contributed by atoms with Gasteiger partial charge in [0.2, 0.25) is 0 Å². The van der Waals surface area contributed by atoms with Crippen molar-refractivity contribution in [3.05, 3.63) is 0 Å². The summed E-state index contributed by atoms with van der Waals surface area (Å²) in [6.45, 7) is 0. The quantitative estimate of drug-likeness (QED) is 0.395. The van der Waals surface area contributed by atoms with Crippen LogP contribution in [0.15, 0.2) is 0 Å². The molecule has 1 fully saturated rings. The Morgan fingerprint density at radius 3 is 1.43 bits per heavy atom. The van der Waals surface area contributed by atoms with Crippen molar-refractivity contribution >= 4 is 34.8 Å². The number of alkyl halides is 4. The molecule has 0 aromatic rings. The highest BCUT2D eigenvalue weighted by Gasteiger charge is 2.71. The van der Waals surface area contributed by atoms with E-state index in [4.69, 9.17) is 34.8 Å². The van der Waals surface area contributed by atoms with E-state index in [9.17, 15) is 4.39 Å². The molecule has 0 amide bonds. The van der Waals surface area contributed by atoms with Gasteiger partial charge in [0.1, 0.15) is 0 Å².